The van der Waals surface area contributed by atoms with Crippen LogP contribution in [0.2, 0.25) is 0 Å². The molecule has 3 aromatic carbocycles. The lowest BCUT2D eigenvalue weighted by Crippen LogP contribution is -3.00. The van der Waals surface area contributed by atoms with Gasteiger partial charge in [-0.1, -0.05) is 77.2 Å². The number of ketones is 3. The summed E-state index contributed by atoms with van der Waals surface area (Å²) in [7, 11) is 14.1. The van der Waals surface area contributed by atoms with E-state index in [2.05, 4.69) is 73.6 Å². The van der Waals surface area contributed by atoms with E-state index in [9.17, 15) is 28.8 Å². The smallest absolute Gasteiger partial charge is 0.357 e. The number of esters is 2. The van der Waals surface area contributed by atoms with Crippen molar-refractivity contribution in [3.05, 3.63) is 156 Å². The maximum atomic E-state index is 12.7. The third-order valence-electron chi connectivity index (χ3n) is 11.6. The van der Waals surface area contributed by atoms with Crippen molar-refractivity contribution in [2.45, 2.75) is 6.92 Å². The van der Waals surface area contributed by atoms with Gasteiger partial charge >= 0.3 is 11.9 Å². The second-order valence-corrected chi connectivity index (χ2v) is 22.7. The van der Waals surface area contributed by atoms with Crippen LogP contribution < -0.4 is 24.0 Å². The van der Waals surface area contributed by atoms with Crippen molar-refractivity contribution < 1.29 is 86.0 Å². The van der Waals surface area contributed by atoms with Crippen molar-refractivity contribution in [1.29, 1.82) is 5.26 Å². The van der Waals surface area contributed by atoms with Gasteiger partial charge in [-0.15, -0.1) is 34.0 Å². The Bertz CT molecular complexity index is 3680. The number of fused-ring (bicyclic) bond motifs is 3. The maximum Gasteiger partial charge on any atom is 0.357 e. The van der Waals surface area contributed by atoms with E-state index in [0.29, 0.717) is 56.3 Å². The first-order chi connectivity index (χ1) is 42.3. The number of nitrogens with one attached hydrogen (secondary N) is 3. The predicted octanol–water partition coefficient (Wildman–Crippen LogP) is 6.70. The number of carbonyl (C=O) groups is 6. The number of halogens is 3. The lowest BCUT2D eigenvalue weighted by Gasteiger charge is -2.23. The monoisotopic (exact) mass is 1520 g/mol. The van der Waals surface area contributed by atoms with Gasteiger partial charge in [-0.25, -0.2) is 24.5 Å². The minimum Gasteiger partial charge on any atom is -1.00 e. The molecule has 0 aliphatic rings. The van der Waals surface area contributed by atoms with Crippen molar-refractivity contribution in [1.82, 2.24) is 39.7 Å². The minimum absolute atomic E-state index is 0. The van der Waals surface area contributed by atoms with Gasteiger partial charge in [0.25, 0.3) is 5.24 Å². The predicted molar refractivity (Wildman–Crippen MR) is 353 cm³/mol. The summed E-state index contributed by atoms with van der Waals surface area (Å²) in [4.78, 5) is 100. The van der Waals surface area contributed by atoms with Gasteiger partial charge in [-0.2, -0.15) is 5.26 Å². The lowest BCUT2D eigenvalue weighted by atomic mass is 10.1. The fourth-order valence-electron chi connectivity index (χ4n) is 7.27. The largest absolute Gasteiger partial charge is 1.00 e. The molecule has 0 atom stereocenters. The summed E-state index contributed by atoms with van der Waals surface area (Å²) in [6, 6.07) is 24.4. The average molecular weight is 1520 g/mol. The number of nitriles is 1. The number of nitrogens with zero attached hydrogens (tertiary/aromatic N) is 7. The van der Waals surface area contributed by atoms with Gasteiger partial charge in [0.2, 0.25) is 17.3 Å². The Morgan fingerprint density at radius 3 is 1.21 bits per heavy atom. The molecular weight excluding hydrogens is 1450 g/mol. The third-order valence-corrected chi connectivity index (χ3v) is 14.4. The van der Waals surface area contributed by atoms with Crippen molar-refractivity contribution in [2.24, 2.45) is 0 Å². The molecule has 478 valence electrons. The zero-order valence-electron chi connectivity index (χ0n) is 50.8. The number of hydrogen-bond donors (Lipinski definition) is 4. The molecule has 0 amide bonds. The Kier molecular flexibility index (Phi) is 35.6. The lowest BCUT2D eigenvalue weighted by molar-refractivity contribution is -0.870. The quantitative estimate of drug-likeness (QED) is 0.00834. The number of H-pyrrole nitrogens is 3. The number of aromatic nitrogens is 6. The molecule has 6 heterocycles. The number of aliphatic hydroxyl groups is 1. The Labute approximate surface area is 564 Å². The molecule has 0 saturated heterocycles. The molecule has 0 fully saturated rings. The van der Waals surface area contributed by atoms with Crippen molar-refractivity contribution in [3.8, 4) is 6.07 Å². The standard InChI is InChI=1S/C20H23N3O4S.C19H21N3O4S.C13H7ClN2O2S.C6H15NO2.C2H3N.CH3I.HI/c1-23(2,3)8-9-26-10-11-27-20(25)17-13-28-19(22-17)18(24)15-12-21-16-7-5-4-6-14(15)16;1-22(2)7-8-25-9-10-26-19(24)16-12-27-18(21-16)17(23)14-11-20-15-6-4-3-5-13(14)15;14-12(18)10-6-19-13(16-10)11(17)8-5-15-9-4-2-1-3-7(8)9;1-7(2)3-5-9-6-4-8;1-2-3;1-2;/h4-7,12-13H,8-11H2,1-3H3;3-6,11-12,20H,7-10H2,1-2H3;1-6,15H;8H,3-6H2,1-2H3;1H3;1H3;1H. The van der Waals surface area contributed by atoms with Crippen LogP contribution in [0.25, 0.3) is 32.7 Å². The molecule has 89 heavy (non-hydrogen) atoms. The SMILES string of the molecule is CC#N.CI.CN(C)CCOCCO.CN(C)CCOCCOC(=O)c1csc(C(=O)c2c[nH]c3ccccc23)n1.C[N+](C)(C)CCOCCOC(=O)c1csc(C(=O)c2c[nH]c3ccccc23)n1.O=C(Cl)c1csc(C(=O)c2c[nH]c3ccccc23)n1.[I-]. The molecule has 0 aliphatic carbocycles. The second-order valence-electron chi connectivity index (χ2n) is 19.8. The van der Waals surface area contributed by atoms with Gasteiger partial charge in [0.15, 0.2) is 26.4 Å². The fraction of sp³-hybridized carbons (Fsp3) is 0.344. The Morgan fingerprint density at radius 2 is 0.888 bits per heavy atom. The molecule has 0 radical (unpaired) electrons. The summed E-state index contributed by atoms with van der Waals surface area (Å²) < 4.78 is 27.0. The molecule has 9 aromatic rings. The van der Waals surface area contributed by atoms with E-state index in [4.69, 9.17) is 45.7 Å². The third kappa shape index (κ3) is 25.9. The van der Waals surface area contributed by atoms with Gasteiger partial charge in [0.05, 0.1) is 90.2 Å². The van der Waals surface area contributed by atoms with E-state index in [1.54, 1.807) is 30.0 Å². The number of aromatic amines is 3. The number of aliphatic hydroxyl groups excluding tert-OH is 1. The van der Waals surface area contributed by atoms with Gasteiger partial charge < -0.3 is 82.0 Å². The molecule has 6 aromatic heterocycles. The van der Waals surface area contributed by atoms with E-state index >= 15 is 0 Å². The van der Waals surface area contributed by atoms with E-state index < -0.39 is 17.2 Å². The first-order valence-electron chi connectivity index (χ1n) is 27.1. The Morgan fingerprint density at radius 1 is 0.562 bits per heavy atom. The topological polar surface area (TPSA) is 285 Å². The minimum atomic E-state index is -0.658. The number of likely N-dealkylation sites (N-methyl/N-ethyl adjacent to an activating group) is 3. The number of quaternary nitrogens is 1. The van der Waals surface area contributed by atoms with Gasteiger partial charge in [0, 0.05) is 87.5 Å². The number of thiazole rings is 3. The molecule has 0 saturated carbocycles. The maximum absolute atomic E-state index is 12.7. The van der Waals surface area contributed by atoms with Crippen LogP contribution >= 0.6 is 68.2 Å². The first-order valence-corrected chi connectivity index (χ1v) is 32.3. The van der Waals surface area contributed by atoms with Crippen LogP contribution in [-0.2, 0) is 23.7 Å². The van der Waals surface area contributed by atoms with E-state index in [1.807, 2.05) is 116 Å². The summed E-state index contributed by atoms with van der Waals surface area (Å²) in [5, 5.41) is 22.8. The van der Waals surface area contributed by atoms with Crippen LogP contribution in [-0.4, -0.2) is 217 Å². The zero-order chi connectivity index (χ0) is 64.6. The average Bonchev–Trinajstić information content (AvgIpc) is 2.49. The van der Waals surface area contributed by atoms with Gasteiger partial charge in [-0.3, -0.25) is 19.2 Å². The highest BCUT2D eigenvalue weighted by Gasteiger charge is 2.23. The molecule has 0 unspecified atom stereocenters. The van der Waals surface area contributed by atoms with Gasteiger partial charge in [-0.05, 0) is 62.9 Å². The van der Waals surface area contributed by atoms with E-state index in [0.717, 1.165) is 90.8 Å². The molecule has 28 heteroatoms. The molecule has 0 aliphatic heterocycles. The summed E-state index contributed by atoms with van der Waals surface area (Å²) in [5.74, 6) is -1.76. The molecule has 22 nitrogen and oxygen atoms in total. The molecule has 0 bridgehead atoms. The molecule has 4 N–H and O–H groups in total. The summed E-state index contributed by atoms with van der Waals surface area (Å²) in [6.07, 6.45) is 4.98. The van der Waals surface area contributed by atoms with Crippen LogP contribution in [0.15, 0.2) is 108 Å². The van der Waals surface area contributed by atoms with Crippen molar-refractivity contribution in [2.75, 3.05) is 133 Å². The second kappa shape index (κ2) is 41.2. The highest BCUT2D eigenvalue weighted by atomic mass is 127. The Hall–Kier alpha value is -6.25. The van der Waals surface area contributed by atoms with Crippen molar-refractivity contribution in [3.63, 3.8) is 0 Å². The number of carbonyl (C=O) groups excluding carboxylic acids is 6. The summed E-state index contributed by atoms with van der Waals surface area (Å²) in [5.41, 5.74) is 4.64. The van der Waals surface area contributed by atoms with E-state index in [-0.39, 0.29) is 93.3 Å². The fourth-order valence-corrected chi connectivity index (χ4v) is 9.67. The highest BCUT2D eigenvalue weighted by molar-refractivity contribution is 14.1. The first kappa shape index (κ1) is 77.0. The number of para-hydroxylation sites is 3. The molecular formula is C61H73ClI2N10O12S3. The normalized spacial score (nSPS) is 10.6. The number of benzene rings is 3. The number of rotatable bonds is 26. The zero-order valence-corrected chi connectivity index (χ0v) is 58.3. The highest BCUT2D eigenvalue weighted by Crippen LogP contribution is 2.26. The molecule has 9 rings (SSSR count). The molecule has 0 spiro atoms. The van der Waals surface area contributed by atoms with E-state index in [1.165, 1.54) is 17.7 Å². The number of ether oxygens (including phenoxy) is 5. The number of hydrogen-bond acceptors (Lipinski definition) is 21. The van der Waals surface area contributed by atoms with Gasteiger partial charge in [0.1, 0.15) is 25.5 Å². The van der Waals surface area contributed by atoms with Crippen LogP contribution in [0, 0.1) is 11.3 Å². The Balaban J connectivity index is 0.000000317. The van der Waals surface area contributed by atoms with Crippen LogP contribution in [0.3, 0.4) is 0 Å². The number of alkyl halides is 1. The van der Waals surface area contributed by atoms with Crippen molar-refractivity contribution >= 4 is 135 Å². The van der Waals surface area contributed by atoms with Crippen LogP contribution in [0.1, 0.15) is 84.5 Å². The summed E-state index contributed by atoms with van der Waals surface area (Å²) in [6.45, 7) is 7.43. The van der Waals surface area contributed by atoms with Crippen LogP contribution in [0.4, 0.5) is 0 Å². The summed E-state index contributed by atoms with van der Waals surface area (Å²) >= 11 is 10.9. The van der Waals surface area contributed by atoms with Crippen LogP contribution in [0.5, 0.6) is 0 Å².